The summed E-state index contributed by atoms with van der Waals surface area (Å²) in [6.45, 7) is 1.97. The lowest BCUT2D eigenvalue weighted by Crippen LogP contribution is -2.42. The van der Waals surface area contributed by atoms with E-state index in [1.165, 1.54) is 37.9 Å². The molecule has 20 heavy (non-hydrogen) atoms. The Kier molecular flexibility index (Phi) is 3.00. The van der Waals surface area contributed by atoms with Crippen molar-refractivity contribution in [2.75, 3.05) is 13.1 Å². The standard InChI is InChI=1S/C16H22N4/c17-10-12-4-3-9-20(13-6-7-13)16(12)14-11-19-8-2-1-5-15(19)18-14/h1-2,5,8,11-13,16H,3-4,6-7,9-10,17H2. The van der Waals surface area contributed by atoms with Crippen LogP contribution >= 0.6 is 0 Å². The summed E-state index contributed by atoms with van der Waals surface area (Å²) in [7, 11) is 0. The predicted molar refractivity (Wildman–Crippen MR) is 79.4 cm³/mol. The van der Waals surface area contributed by atoms with Crippen molar-refractivity contribution in [2.45, 2.75) is 37.8 Å². The van der Waals surface area contributed by atoms with Gasteiger partial charge in [0, 0.05) is 18.4 Å². The second kappa shape index (κ2) is 4.86. The molecule has 1 saturated heterocycles. The number of piperidine rings is 1. The first-order valence-electron chi connectivity index (χ1n) is 7.76. The Hall–Kier alpha value is -1.39. The third kappa shape index (κ3) is 2.03. The van der Waals surface area contributed by atoms with Crippen LogP contribution in [0, 0.1) is 5.92 Å². The number of rotatable bonds is 3. The molecule has 2 atom stereocenters. The first kappa shape index (κ1) is 12.4. The minimum Gasteiger partial charge on any atom is -0.330 e. The van der Waals surface area contributed by atoms with Crippen molar-refractivity contribution >= 4 is 5.65 Å². The lowest BCUT2D eigenvalue weighted by atomic mass is 9.87. The average molecular weight is 270 g/mol. The zero-order chi connectivity index (χ0) is 13.5. The van der Waals surface area contributed by atoms with Crippen LogP contribution in [0.4, 0.5) is 0 Å². The fourth-order valence-electron chi connectivity index (χ4n) is 3.67. The van der Waals surface area contributed by atoms with Gasteiger partial charge >= 0.3 is 0 Å². The summed E-state index contributed by atoms with van der Waals surface area (Å²) in [6, 6.07) is 7.37. The Morgan fingerprint density at radius 3 is 2.90 bits per heavy atom. The monoisotopic (exact) mass is 270 g/mol. The number of nitrogens with zero attached hydrogens (tertiary/aromatic N) is 3. The van der Waals surface area contributed by atoms with Gasteiger partial charge in [-0.3, -0.25) is 4.90 Å². The zero-order valence-electron chi connectivity index (χ0n) is 11.8. The van der Waals surface area contributed by atoms with Crippen molar-refractivity contribution in [2.24, 2.45) is 11.7 Å². The number of hydrogen-bond acceptors (Lipinski definition) is 3. The van der Waals surface area contributed by atoms with Gasteiger partial charge in [-0.15, -0.1) is 0 Å². The van der Waals surface area contributed by atoms with Crippen LogP contribution < -0.4 is 5.73 Å². The molecule has 4 rings (SSSR count). The van der Waals surface area contributed by atoms with Crippen molar-refractivity contribution in [3.05, 3.63) is 36.3 Å². The molecule has 0 spiro atoms. The Bertz CT molecular complexity index is 568. The van der Waals surface area contributed by atoms with Gasteiger partial charge < -0.3 is 10.1 Å². The van der Waals surface area contributed by atoms with E-state index in [1.54, 1.807) is 0 Å². The molecule has 0 aromatic carbocycles. The van der Waals surface area contributed by atoms with Crippen LogP contribution in [0.1, 0.15) is 37.4 Å². The molecule has 1 saturated carbocycles. The van der Waals surface area contributed by atoms with E-state index in [-0.39, 0.29) is 0 Å². The Labute approximate surface area is 119 Å². The minimum atomic E-state index is 0.418. The smallest absolute Gasteiger partial charge is 0.137 e. The van der Waals surface area contributed by atoms with Crippen molar-refractivity contribution < 1.29 is 0 Å². The first-order chi connectivity index (χ1) is 9.86. The summed E-state index contributed by atoms with van der Waals surface area (Å²) in [5.41, 5.74) is 8.29. The normalized spacial score (nSPS) is 28.1. The van der Waals surface area contributed by atoms with Gasteiger partial charge in [-0.2, -0.15) is 0 Å². The van der Waals surface area contributed by atoms with E-state index in [0.29, 0.717) is 12.0 Å². The largest absolute Gasteiger partial charge is 0.330 e. The van der Waals surface area contributed by atoms with E-state index in [1.807, 2.05) is 6.07 Å². The molecule has 0 amide bonds. The zero-order valence-corrected chi connectivity index (χ0v) is 11.8. The van der Waals surface area contributed by atoms with E-state index in [0.717, 1.165) is 18.2 Å². The molecule has 4 heteroatoms. The molecule has 0 bridgehead atoms. The molecule has 4 nitrogen and oxygen atoms in total. The number of hydrogen-bond donors (Lipinski definition) is 1. The molecule has 0 radical (unpaired) electrons. The van der Waals surface area contributed by atoms with Gasteiger partial charge in [-0.1, -0.05) is 6.07 Å². The van der Waals surface area contributed by atoms with Gasteiger partial charge in [0.2, 0.25) is 0 Å². The van der Waals surface area contributed by atoms with E-state index >= 15 is 0 Å². The minimum absolute atomic E-state index is 0.418. The predicted octanol–water partition coefficient (Wildman–Crippen LogP) is 2.21. The quantitative estimate of drug-likeness (QED) is 0.930. The Morgan fingerprint density at radius 2 is 2.15 bits per heavy atom. The molecule has 2 aliphatic rings. The van der Waals surface area contributed by atoms with Crippen LogP contribution in [0.5, 0.6) is 0 Å². The molecule has 2 aromatic heterocycles. The first-order valence-corrected chi connectivity index (χ1v) is 7.76. The highest BCUT2D eigenvalue weighted by Gasteiger charge is 2.41. The number of pyridine rings is 1. The molecule has 2 N–H and O–H groups in total. The number of likely N-dealkylation sites (tertiary alicyclic amines) is 1. The maximum Gasteiger partial charge on any atom is 0.137 e. The molecule has 1 aliphatic carbocycles. The third-order valence-electron chi connectivity index (χ3n) is 4.80. The summed E-state index contributed by atoms with van der Waals surface area (Å²) < 4.78 is 2.13. The summed E-state index contributed by atoms with van der Waals surface area (Å²) in [6.07, 6.45) is 9.49. The van der Waals surface area contributed by atoms with Crippen LogP contribution in [-0.4, -0.2) is 33.4 Å². The van der Waals surface area contributed by atoms with Gasteiger partial charge in [-0.05, 0) is 56.8 Å². The molecule has 2 unspecified atom stereocenters. The van der Waals surface area contributed by atoms with Crippen molar-refractivity contribution in [3.8, 4) is 0 Å². The van der Waals surface area contributed by atoms with Crippen molar-refractivity contribution in [3.63, 3.8) is 0 Å². The molecular formula is C16H22N4. The van der Waals surface area contributed by atoms with Gasteiger partial charge in [-0.25, -0.2) is 4.98 Å². The second-order valence-corrected chi connectivity index (χ2v) is 6.18. The van der Waals surface area contributed by atoms with E-state index < -0.39 is 0 Å². The maximum absolute atomic E-state index is 6.05. The van der Waals surface area contributed by atoms with E-state index in [2.05, 4.69) is 33.8 Å². The summed E-state index contributed by atoms with van der Waals surface area (Å²) in [5.74, 6) is 0.550. The fourth-order valence-corrected chi connectivity index (χ4v) is 3.67. The molecular weight excluding hydrogens is 248 g/mol. The number of nitrogens with two attached hydrogens (primary N) is 1. The van der Waals surface area contributed by atoms with Gasteiger partial charge in [0.15, 0.2) is 0 Å². The Morgan fingerprint density at radius 1 is 1.25 bits per heavy atom. The van der Waals surface area contributed by atoms with Crippen LogP contribution in [0.15, 0.2) is 30.6 Å². The Balaban J connectivity index is 1.74. The highest BCUT2D eigenvalue weighted by atomic mass is 15.2. The average Bonchev–Trinajstić information content (AvgIpc) is 3.25. The molecule has 3 heterocycles. The summed E-state index contributed by atoms with van der Waals surface area (Å²) in [5, 5.41) is 0. The van der Waals surface area contributed by atoms with Gasteiger partial charge in [0.05, 0.1) is 11.7 Å². The van der Waals surface area contributed by atoms with Crippen LogP contribution in [0.25, 0.3) is 5.65 Å². The van der Waals surface area contributed by atoms with Crippen LogP contribution in [0.2, 0.25) is 0 Å². The molecule has 1 aliphatic heterocycles. The summed E-state index contributed by atoms with van der Waals surface area (Å²) in [4.78, 5) is 7.53. The lowest BCUT2D eigenvalue weighted by Gasteiger charge is -2.40. The van der Waals surface area contributed by atoms with Crippen molar-refractivity contribution in [1.29, 1.82) is 0 Å². The fraction of sp³-hybridized carbons (Fsp3) is 0.562. The second-order valence-electron chi connectivity index (χ2n) is 6.18. The summed E-state index contributed by atoms with van der Waals surface area (Å²) >= 11 is 0. The van der Waals surface area contributed by atoms with E-state index in [4.69, 9.17) is 10.7 Å². The van der Waals surface area contributed by atoms with E-state index in [9.17, 15) is 0 Å². The topological polar surface area (TPSA) is 46.6 Å². The third-order valence-corrected chi connectivity index (χ3v) is 4.80. The lowest BCUT2D eigenvalue weighted by molar-refractivity contribution is 0.0854. The maximum atomic E-state index is 6.05. The number of imidazole rings is 1. The van der Waals surface area contributed by atoms with Gasteiger partial charge in [0.25, 0.3) is 0 Å². The molecule has 106 valence electrons. The van der Waals surface area contributed by atoms with Crippen LogP contribution in [0.3, 0.4) is 0 Å². The van der Waals surface area contributed by atoms with Crippen LogP contribution in [-0.2, 0) is 0 Å². The highest BCUT2D eigenvalue weighted by molar-refractivity contribution is 5.40. The highest BCUT2D eigenvalue weighted by Crippen LogP contribution is 2.42. The number of fused-ring (bicyclic) bond motifs is 1. The SMILES string of the molecule is NCC1CCCN(C2CC2)C1c1cn2ccccc2n1. The van der Waals surface area contributed by atoms with Crippen molar-refractivity contribution in [1.82, 2.24) is 14.3 Å². The number of aromatic nitrogens is 2. The van der Waals surface area contributed by atoms with Gasteiger partial charge in [0.1, 0.15) is 5.65 Å². The molecule has 2 aromatic rings. The molecule has 2 fully saturated rings.